The van der Waals surface area contributed by atoms with Crippen molar-refractivity contribution < 1.29 is 19.4 Å². The Labute approximate surface area is 83.2 Å². The maximum Gasteiger partial charge on any atom is 0.308 e. The summed E-state index contributed by atoms with van der Waals surface area (Å²) in [7, 11) is 0. The molecule has 0 aromatic carbocycles. The molecule has 0 spiro atoms. The van der Waals surface area contributed by atoms with Crippen molar-refractivity contribution in [2.45, 2.75) is 32.6 Å². The van der Waals surface area contributed by atoms with Crippen LogP contribution in [0.3, 0.4) is 0 Å². The smallest absolute Gasteiger partial charge is 0.308 e. The average molecular weight is 199 g/mol. The number of hydrogen-bond acceptors (Lipinski definition) is 4. The van der Waals surface area contributed by atoms with Crippen molar-refractivity contribution in [1.29, 1.82) is 0 Å². The van der Waals surface area contributed by atoms with Crippen molar-refractivity contribution in [2.75, 3.05) is 6.61 Å². The van der Waals surface area contributed by atoms with E-state index in [0.29, 0.717) is 19.4 Å². The van der Waals surface area contributed by atoms with Gasteiger partial charge in [0.1, 0.15) is 0 Å². The maximum absolute atomic E-state index is 11.3. The van der Waals surface area contributed by atoms with Gasteiger partial charge in [-0.1, -0.05) is 6.42 Å². The van der Waals surface area contributed by atoms with Gasteiger partial charge in [0, 0.05) is 5.97 Å². The Balaban J connectivity index is 2.47. The molecule has 1 fully saturated rings. The molecule has 0 aliphatic heterocycles. The molecule has 14 heavy (non-hydrogen) atoms. The third kappa shape index (κ3) is 2.72. The van der Waals surface area contributed by atoms with Crippen molar-refractivity contribution in [3.05, 3.63) is 0 Å². The van der Waals surface area contributed by atoms with Gasteiger partial charge >= 0.3 is 5.97 Å². The van der Waals surface area contributed by atoms with Crippen molar-refractivity contribution in [1.82, 2.24) is 0 Å². The molecule has 0 aromatic heterocycles. The van der Waals surface area contributed by atoms with E-state index in [-0.39, 0.29) is 11.9 Å². The van der Waals surface area contributed by atoms with Crippen LogP contribution < -0.4 is 5.11 Å². The highest BCUT2D eigenvalue weighted by molar-refractivity contribution is 5.74. The zero-order valence-corrected chi connectivity index (χ0v) is 8.32. The van der Waals surface area contributed by atoms with E-state index in [0.717, 1.165) is 12.8 Å². The van der Waals surface area contributed by atoms with Gasteiger partial charge in [-0.05, 0) is 32.1 Å². The Morgan fingerprint density at radius 3 is 2.57 bits per heavy atom. The molecule has 1 rings (SSSR count). The SMILES string of the molecule is CCOC(=O)[C@@H]1CCC[C@H](C(=O)[O-])C1. The Kier molecular flexibility index (Phi) is 3.92. The summed E-state index contributed by atoms with van der Waals surface area (Å²) in [5.41, 5.74) is 0. The first-order valence-electron chi connectivity index (χ1n) is 5.02. The first kappa shape index (κ1) is 11.0. The molecule has 0 radical (unpaired) electrons. The zero-order valence-electron chi connectivity index (χ0n) is 8.32. The summed E-state index contributed by atoms with van der Waals surface area (Å²) >= 11 is 0. The third-order valence-electron chi connectivity index (χ3n) is 2.63. The molecule has 0 unspecified atom stereocenters. The molecule has 1 saturated carbocycles. The lowest BCUT2D eigenvalue weighted by molar-refractivity contribution is -0.312. The molecule has 0 N–H and O–H groups in total. The van der Waals surface area contributed by atoms with E-state index < -0.39 is 11.9 Å². The van der Waals surface area contributed by atoms with Crippen LogP contribution in [-0.2, 0) is 14.3 Å². The summed E-state index contributed by atoms with van der Waals surface area (Å²) in [5.74, 6) is -2.03. The number of carboxylic acid groups (broad SMARTS) is 1. The molecule has 0 heterocycles. The highest BCUT2D eigenvalue weighted by Gasteiger charge is 2.28. The van der Waals surface area contributed by atoms with E-state index >= 15 is 0 Å². The fourth-order valence-electron chi connectivity index (χ4n) is 1.88. The normalized spacial score (nSPS) is 26.9. The van der Waals surface area contributed by atoms with Gasteiger partial charge in [0.25, 0.3) is 0 Å². The number of ether oxygens (including phenoxy) is 1. The summed E-state index contributed by atoms with van der Waals surface area (Å²) in [6, 6.07) is 0. The van der Waals surface area contributed by atoms with E-state index in [9.17, 15) is 14.7 Å². The molecule has 4 nitrogen and oxygen atoms in total. The molecular formula is C10H15O4-. The molecule has 1 aliphatic rings. The molecule has 0 amide bonds. The highest BCUT2D eigenvalue weighted by Crippen LogP contribution is 2.29. The first-order valence-corrected chi connectivity index (χ1v) is 5.02. The molecule has 0 aromatic rings. The van der Waals surface area contributed by atoms with Gasteiger partial charge in [-0.25, -0.2) is 0 Å². The summed E-state index contributed by atoms with van der Waals surface area (Å²) < 4.78 is 4.86. The van der Waals surface area contributed by atoms with Gasteiger partial charge in [-0.15, -0.1) is 0 Å². The van der Waals surface area contributed by atoms with Gasteiger partial charge in [-0.2, -0.15) is 0 Å². The molecule has 4 heteroatoms. The zero-order chi connectivity index (χ0) is 10.6. The summed E-state index contributed by atoms with van der Waals surface area (Å²) in [5, 5.41) is 10.6. The Morgan fingerprint density at radius 2 is 2.00 bits per heavy atom. The Bertz CT molecular complexity index is 224. The highest BCUT2D eigenvalue weighted by atomic mass is 16.5. The fraction of sp³-hybridized carbons (Fsp3) is 0.800. The molecule has 1 aliphatic carbocycles. The fourth-order valence-corrected chi connectivity index (χ4v) is 1.88. The van der Waals surface area contributed by atoms with Gasteiger partial charge in [0.15, 0.2) is 0 Å². The number of carboxylic acids is 1. The van der Waals surface area contributed by atoms with Gasteiger partial charge in [0.05, 0.1) is 12.5 Å². The number of aliphatic carboxylic acids is 1. The molecule has 2 atom stereocenters. The van der Waals surface area contributed by atoms with Crippen LogP contribution in [0.4, 0.5) is 0 Å². The maximum atomic E-state index is 11.3. The van der Waals surface area contributed by atoms with Crippen LogP contribution >= 0.6 is 0 Å². The number of rotatable bonds is 3. The van der Waals surface area contributed by atoms with Crippen LogP contribution in [-0.4, -0.2) is 18.5 Å². The van der Waals surface area contributed by atoms with Crippen molar-refractivity contribution in [3.63, 3.8) is 0 Å². The monoisotopic (exact) mass is 199 g/mol. The van der Waals surface area contributed by atoms with E-state index in [1.807, 2.05) is 0 Å². The van der Waals surface area contributed by atoms with E-state index in [4.69, 9.17) is 4.74 Å². The van der Waals surface area contributed by atoms with Crippen LogP contribution in [0.2, 0.25) is 0 Å². The second-order valence-corrected chi connectivity index (χ2v) is 3.63. The van der Waals surface area contributed by atoms with Crippen molar-refractivity contribution in [2.24, 2.45) is 11.8 Å². The minimum absolute atomic E-state index is 0.244. The van der Waals surface area contributed by atoms with E-state index in [1.54, 1.807) is 6.92 Å². The molecule has 0 saturated heterocycles. The van der Waals surface area contributed by atoms with E-state index in [2.05, 4.69) is 0 Å². The standard InChI is InChI=1S/C10H16O4/c1-2-14-10(13)8-5-3-4-7(6-8)9(11)12/h7-8H,2-6H2,1H3,(H,11,12)/p-1/t7-,8+/m0/s1. The minimum Gasteiger partial charge on any atom is -0.550 e. The van der Waals surface area contributed by atoms with Gasteiger partial charge in [0.2, 0.25) is 0 Å². The van der Waals surface area contributed by atoms with Crippen molar-refractivity contribution in [3.8, 4) is 0 Å². The predicted octanol–water partition coefficient (Wildman–Crippen LogP) is 0.106. The predicted molar refractivity (Wildman–Crippen MR) is 47.1 cm³/mol. The van der Waals surface area contributed by atoms with Gasteiger partial charge < -0.3 is 14.6 Å². The summed E-state index contributed by atoms with van der Waals surface area (Å²) in [6.07, 6.45) is 2.50. The Hall–Kier alpha value is -1.06. The molecular weight excluding hydrogens is 184 g/mol. The average Bonchev–Trinajstić information content (AvgIpc) is 2.18. The van der Waals surface area contributed by atoms with Crippen molar-refractivity contribution >= 4 is 11.9 Å². The topological polar surface area (TPSA) is 66.4 Å². The number of carbonyl (C=O) groups excluding carboxylic acids is 2. The second kappa shape index (κ2) is 4.98. The number of hydrogen-bond donors (Lipinski definition) is 0. The summed E-state index contributed by atoms with van der Waals surface area (Å²) in [6.45, 7) is 2.10. The van der Waals surface area contributed by atoms with Crippen LogP contribution in [0.1, 0.15) is 32.6 Å². The molecule has 0 bridgehead atoms. The minimum atomic E-state index is -1.04. The molecule has 80 valence electrons. The first-order chi connectivity index (χ1) is 6.65. The van der Waals surface area contributed by atoms with Crippen LogP contribution in [0.25, 0.3) is 0 Å². The van der Waals surface area contributed by atoms with E-state index in [1.165, 1.54) is 0 Å². The van der Waals surface area contributed by atoms with Crippen LogP contribution in [0, 0.1) is 11.8 Å². The largest absolute Gasteiger partial charge is 0.550 e. The number of carbonyl (C=O) groups is 2. The van der Waals surface area contributed by atoms with Crippen LogP contribution in [0.5, 0.6) is 0 Å². The summed E-state index contributed by atoms with van der Waals surface area (Å²) in [4.78, 5) is 21.9. The lowest BCUT2D eigenvalue weighted by atomic mass is 9.81. The third-order valence-corrected chi connectivity index (χ3v) is 2.63. The quantitative estimate of drug-likeness (QED) is 0.605. The lowest BCUT2D eigenvalue weighted by Crippen LogP contribution is -2.36. The van der Waals surface area contributed by atoms with Crippen LogP contribution in [0.15, 0.2) is 0 Å². The Morgan fingerprint density at radius 1 is 1.36 bits per heavy atom. The second-order valence-electron chi connectivity index (χ2n) is 3.63. The number of esters is 1. The lowest BCUT2D eigenvalue weighted by Gasteiger charge is -2.28. The van der Waals surface area contributed by atoms with Gasteiger partial charge in [-0.3, -0.25) is 4.79 Å².